The Balaban J connectivity index is 2.70. The highest BCUT2D eigenvalue weighted by molar-refractivity contribution is 5.99. The van der Waals surface area contributed by atoms with Crippen LogP contribution >= 0.6 is 0 Å². The van der Waals surface area contributed by atoms with Crippen molar-refractivity contribution in [3.63, 3.8) is 0 Å². The second-order valence-electron chi connectivity index (χ2n) is 3.64. The van der Waals surface area contributed by atoms with Gasteiger partial charge < -0.3 is 10.5 Å². The summed E-state index contributed by atoms with van der Waals surface area (Å²) >= 11 is 0. The predicted molar refractivity (Wildman–Crippen MR) is 64.4 cm³/mol. The van der Waals surface area contributed by atoms with Crippen molar-refractivity contribution in [2.24, 2.45) is 5.73 Å². The number of hydrogen-bond donors (Lipinski definition) is 1. The van der Waals surface area contributed by atoms with Gasteiger partial charge in [-0.05, 0) is 35.0 Å². The maximum Gasteiger partial charge on any atom is 0.248 e. The molecule has 4 nitrogen and oxygen atoms in total. The molecular formula is C13H11NO3. The molecule has 0 heterocycles. The Bertz CT molecular complexity index is 605. The summed E-state index contributed by atoms with van der Waals surface area (Å²) in [6, 6.07) is 8.50. The van der Waals surface area contributed by atoms with Crippen molar-refractivity contribution in [3.05, 3.63) is 41.5 Å². The predicted octanol–water partition coefficient (Wildman–Crippen LogP) is 1.76. The zero-order valence-electron chi connectivity index (χ0n) is 9.27. The van der Waals surface area contributed by atoms with Crippen LogP contribution in [0, 0.1) is 0 Å². The monoisotopic (exact) mass is 229 g/mol. The van der Waals surface area contributed by atoms with Crippen LogP contribution in [0.5, 0.6) is 5.75 Å². The van der Waals surface area contributed by atoms with Gasteiger partial charge in [0.25, 0.3) is 0 Å². The summed E-state index contributed by atoms with van der Waals surface area (Å²) in [6.07, 6.45) is 0.717. The van der Waals surface area contributed by atoms with Gasteiger partial charge in [-0.2, -0.15) is 0 Å². The summed E-state index contributed by atoms with van der Waals surface area (Å²) in [5.74, 6) is 0.0229. The summed E-state index contributed by atoms with van der Waals surface area (Å²) in [5, 5.41) is 1.67. The fourth-order valence-electron chi connectivity index (χ4n) is 1.72. The number of carbonyl (C=O) groups excluding carboxylic acids is 2. The van der Waals surface area contributed by atoms with Gasteiger partial charge in [0.2, 0.25) is 5.91 Å². The van der Waals surface area contributed by atoms with Gasteiger partial charge in [-0.3, -0.25) is 9.59 Å². The molecule has 0 saturated carbocycles. The molecule has 0 saturated heterocycles. The number of hydrogen-bond acceptors (Lipinski definition) is 3. The van der Waals surface area contributed by atoms with Crippen molar-refractivity contribution < 1.29 is 14.3 Å². The number of nitrogens with two attached hydrogens (primary N) is 1. The Morgan fingerprint density at radius 1 is 1.24 bits per heavy atom. The van der Waals surface area contributed by atoms with E-state index < -0.39 is 5.91 Å². The largest absolute Gasteiger partial charge is 0.496 e. The number of methoxy groups -OCH3 is 1. The molecule has 2 rings (SSSR count). The summed E-state index contributed by atoms with van der Waals surface area (Å²) < 4.78 is 5.10. The molecule has 2 aromatic carbocycles. The number of benzene rings is 2. The maximum atomic E-state index is 11.1. The molecule has 0 atom stereocenters. The standard InChI is InChI=1S/C13H11NO3/c1-17-12-6-8-2-3-9(13(14)16)4-10(8)5-11(12)7-15/h2-7H,1H3,(H2,14,16). The zero-order chi connectivity index (χ0) is 12.4. The van der Waals surface area contributed by atoms with E-state index in [0.717, 1.165) is 17.1 Å². The molecule has 0 radical (unpaired) electrons. The second-order valence-corrected chi connectivity index (χ2v) is 3.64. The van der Waals surface area contributed by atoms with Crippen LogP contribution in [0.3, 0.4) is 0 Å². The molecule has 0 unspecified atom stereocenters. The van der Waals surface area contributed by atoms with Crippen LogP contribution in [0.1, 0.15) is 20.7 Å². The molecular weight excluding hydrogens is 218 g/mol. The van der Waals surface area contributed by atoms with E-state index in [1.165, 1.54) is 7.11 Å². The van der Waals surface area contributed by atoms with Crippen molar-refractivity contribution in [3.8, 4) is 5.75 Å². The first-order valence-corrected chi connectivity index (χ1v) is 5.02. The van der Waals surface area contributed by atoms with Crippen molar-refractivity contribution in [2.45, 2.75) is 0 Å². The van der Waals surface area contributed by atoms with Crippen LogP contribution in [0.2, 0.25) is 0 Å². The first kappa shape index (κ1) is 11.1. The van der Waals surface area contributed by atoms with Gasteiger partial charge in [0.1, 0.15) is 5.75 Å². The second kappa shape index (κ2) is 4.25. The van der Waals surface area contributed by atoms with E-state index in [0.29, 0.717) is 16.9 Å². The highest BCUT2D eigenvalue weighted by Gasteiger charge is 2.07. The first-order chi connectivity index (χ1) is 8.15. The summed E-state index contributed by atoms with van der Waals surface area (Å²) in [5.41, 5.74) is 6.06. The van der Waals surface area contributed by atoms with E-state index in [2.05, 4.69) is 0 Å². The molecule has 86 valence electrons. The number of fused-ring (bicyclic) bond motifs is 1. The van der Waals surface area contributed by atoms with Crippen LogP contribution in [-0.4, -0.2) is 19.3 Å². The molecule has 1 amide bonds. The van der Waals surface area contributed by atoms with Crippen molar-refractivity contribution >= 4 is 23.0 Å². The van der Waals surface area contributed by atoms with Crippen LogP contribution in [0.15, 0.2) is 30.3 Å². The van der Waals surface area contributed by atoms with E-state index >= 15 is 0 Å². The average Bonchev–Trinajstić information content (AvgIpc) is 2.36. The Hall–Kier alpha value is -2.36. The molecule has 17 heavy (non-hydrogen) atoms. The van der Waals surface area contributed by atoms with E-state index in [4.69, 9.17) is 10.5 Å². The summed E-state index contributed by atoms with van der Waals surface area (Å²) in [4.78, 5) is 21.9. The quantitative estimate of drug-likeness (QED) is 0.815. The minimum absolute atomic E-state index is 0.416. The molecule has 2 N–H and O–H groups in total. The van der Waals surface area contributed by atoms with Crippen LogP contribution in [0.4, 0.5) is 0 Å². The van der Waals surface area contributed by atoms with Gasteiger partial charge in [0.05, 0.1) is 12.7 Å². The van der Waals surface area contributed by atoms with Crippen LogP contribution in [0.25, 0.3) is 10.8 Å². The lowest BCUT2D eigenvalue weighted by atomic mass is 10.0. The minimum atomic E-state index is -0.490. The molecule has 0 aliphatic rings. The van der Waals surface area contributed by atoms with Crippen molar-refractivity contribution in [1.82, 2.24) is 0 Å². The number of carbonyl (C=O) groups is 2. The van der Waals surface area contributed by atoms with Crippen molar-refractivity contribution in [2.75, 3.05) is 7.11 Å². The Morgan fingerprint density at radius 2 is 2.00 bits per heavy atom. The van der Waals surface area contributed by atoms with Gasteiger partial charge in [-0.25, -0.2) is 0 Å². The van der Waals surface area contributed by atoms with Crippen LogP contribution in [-0.2, 0) is 0 Å². The topological polar surface area (TPSA) is 69.4 Å². The van der Waals surface area contributed by atoms with E-state index in [-0.39, 0.29) is 0 Å². The summed E-state index contributed by atoms with van der Waals surface area (Å²) in [6.45, 7) is 0. The fraction of sp³-hybridized carbons (Fsp3) is 0.0769. The number of rotatable bonds is 3. The third-order valence-electron chi connectivity index (χ3n) is 2.60. The highest BCUT2D eigenvalue weighted by atomic mass is 16.5. The lowest BCUT2D eigenvalue weighted by Gasteiger charge is -2.06. The third kappa shape index (κ3) is 1.97. The van der Waals surface area contributed by atoms with Gasteiger partial charge in [-0.1, -0.05) is 6.07 Å². The molecule has 0 bridgehead atoms. The minimum Gasteiger partial charge on any atom is -0.496 e. The van der Waals surface area contributed by atoms with E-state index in [1.807, 2.05) is 0 Å². The molecule has 0 fully saturated rings. The van der Waals surface area contributed by atoms with Gasteiger partial charge in [0.15, 0.2) is 6.29 Å². The number of amides is 1. The molecule has 4 heteroatoms. The molecule has 2 aromatic rings. The number of ether oxygens (including phenoxy) is 1. The average molecular weight is 229 g/mol. The molecule has 0 aromatic heterocycles. The SMILES string of the molecule is COc1cc2ccc(C(N)=O)cc2cc1C=O. The van der Waals surface area contributed by atoms with Gasteiger partial charge >= 0.3 is 0 Å². The summed E-state index contributed by atoms with van der Waals surface area (Å²) in [7, 11) is 1.51. The Morgan fingerprint density at radius 3 is 2.59 bits per heavy atom. The molecule has 0 aliphatic heterocycles. The zero-order valence-corrected chi connectivity index (χ0v) is 9.27. The van der Waals surface area contributed by atoms with Gasteiger partial charge in [0, 0.05) is 5.56 Å². The highest BCUT2D eigenvalue weighted by Crippen LogP contribution is 2.25. The molecule has 0 spiro atoms. The Kier molecular flexibility index (Phi) is 2.78. The normalized spacial score (nSPS) is 10.2. The van der Waals surface area contributed by atoms with E-state index in [9.17, 15) is 9.59 Å². The lowest BCUT2D eigenvalue weighted by molar-refractivity contribution is 0.1000. The third-order valence-corrected chi connectivity index (χ3v) is 2.60. The van der Waals surface area contributed by atoms with E-state index in [1.54, 1.807) is 30.3 Å². The fourth-order valence-corrected chi connectivity index (χ4v) is 1.72. The van der Waals surface area contributed by atoms with Crippen LogP contribution < -0.4 is 10.5 Å². The Labute approximate surface area is 98.0 Å². The number of aldehydes is 1. The first-order valence-electron chi connectivity index (χ1n) is 5.02. The van der Waals surface area contributed by atoms with Gasteiger partial charge in [-0.15, -0.1) is 0 Å². The van der Waals surface area contributed by atoms with Crippen molar-refractivity contribution in [1.29, 1.82) is 0 Å². The maximum absolute atomic E-state index is 11.1. The number of primary amides is 1. The lowest BCUT2D eigenvalue weighted by Crippen LogP contribution is -2.10. The smallest absolute Gasteiger partial charge is 0.248 e. The molecule has 0 aliphatic carbocycles.